The van der Waals surface area contributed by atoms with E-state index >= 15 is 0 Å². The summed E-state index contributed by atoms with van der Waals surface area (Å²) in [6, 6.07) is 5.16. The number of aryl methyl sites for hydroxylation is 1. The molecule has 0 atom stereocenters. The summed E-state index contributed by atoms with van der Waals surface area (Å²) in [5.41, 5.74) is 0.933. The number of halogens is 1. The molecule has 0 aliphatic rings. The number of rotatable bonds is 6. The molecule has 6 heteroatoms. The van der Waals surface area contributed by atoms with Crippen LogP contribution in [0, 0.1) is 19.3 Å². The summed E-state index contributed by atoms with van der Waals surface area (Å²) < 4.78 is 5.30. The molecule has 0 aliphatic heterocycles. The fraction of sp³-hybridized carbons (Fsp3) is 0.286. The molecule has 1 amide bonds. The van der Waals surface area contributed by atoms with Gasteiger partial charge in [0, 0.05) is 0 Å². The Hall–Kier alpha value is -2.19. The maximum atomic E-state index is 11.8. The lowest BCUT2D eigenvalue weighted by Crippen LogP contribution is -2.39. The van der Waals surface area contributed by atoms with Crippen LogP contribution in [-0.4, -0.2) is 41.6 Å². The summed E-state index contributed by atoms with van der Waals surface area (Å²) in [5.74, 6) is 0.956. The van der Waals surface area contributed by atoms with Crippen molar-refractivity contribution in [2.24, 2.45) is 0 Å². The molecule has 0 aliphatic carbocycles. The number of carbonyl (C=O) groups excluding carboxylic acids is 1. The van der Waals surface area contributed by atoms with E-state index in [0.717, 1.165) is 10.5 Å². The number of nitrogens with zero attached hydrogens (tertiary/aromatic N) is 1. The highest BCUT2D eigenvalue weighted by Gasteiger charge is 2.16. The molecule has 0 bridgehead atoms. The minimum absolute atomic E-state index is 0.0873. The first-order valence-electron chi connectivity index (χ1n) is 5.76. The molecular formula is C14H14ClNO4. The number of ether oxygens (including phenoxy) is 1. The van der Waals surface area contributed by atoms with Gasteiger partial charge in [0.25, 0.3) is 5.91 Å². The Balaban J connectivity index is 2.67. The second kappa shape index (κ2) is 7.41. The summed E-state index contributed by atoms with van der Waals surface area (Å²) in [5, 5.41) is 9.08. The lowest BCUT2D eigenvalue weighted by molar-refractivity contribution is -0.144. The minimum atomic E-state index is -1.14. The van der Waals surface area contributed by atoms with Gasteiger partial charge in [-0.15, -0.1) is 6.42 Å². The zero-order valence-corrected chi connectivity index (χ0v) is 11.7. The summed E-state index contributed by atoms with van der Waals surface area (Å²) in [7, 11) is 0. The number of carboxylic acids is 1. The quantitative estimate of drug-likeness (QED) is 0.809. The van der Waals surface area contributed by atoms with Crippen molar-refractivity contribution in [1.82, 2.24) is 4.90 Å². The Labute approximate surface area is 122 Å². The second-order valence-corrected chi connectivity index (χ2v) is 4.48. The van der Waals surface area contributed by atoms with E-state index in [1.54, 1.807) is 12.1 Å². The van der Waals surface area contributed by atoms with Crippen LogP contribution in [-0.2, 0) is 9.59 Å². The lowest BCUT2D eigenvalue weighted by atomic mass is 10.2. The third-order valence-corrected chi connectivity index (χ3v) is 2.71. The first kappa shape index (κ1) is 15.9. The SMILES string of the molecule is C#CCN(CC(=O)O)C(=O)COc1cc(C)ccc1Cl. The number of terminal acetylenes is 1. The van der Waals surface area contributed by atoms with E-state index in [9.17, 15) is 9.59 Å². The van der Waals surface area contributed by atoms with Crippen molar-refractivity contribution in [1.29, 1.82) is 0 Å². The van der Waals surface area contributed by atoms with Gasteiger partial charge in [-0.05, 0) is 24.6 Å². The van der Waals surface area contributed by atoms with Gasteiger partial charge in [-0.3, -0.25) is 9.59 Å². The van der Waals surface area contributed by atoms with E-state index < -0.39 is 18.4 Å². The Morgan fingerprint density at radius 3 is 2.80 bits per heavy atom. The Morgan fingerprint density at radius 1 is 1.50 bits per heavy atom. The maximum Gasteiger partial charge on any atom is 0.323 e. The minimum Gasteiger partial charge on any atom is -0.482 e. The highest BCUT2D eigenvalue weighted by Crippen LogP contribution is 2.25. The number of benzene rings is 1. The molecule has 1 N–H and O–H groups in total. The molecule has 5 nitrogen and oxygen atoms in total. The van der Waals surface area contributed by atoms with Crippen LogP contribution < -0.4 is 4.74 Å². The van der Waals surface area contributed by atoms with Gasteiger partial charge in [-0.2, -0.15) is 0 Å². The summed E-state index contributed by atoms with van der Waals surface area (Å²) in [6.07, 6.45) is 5.10. The Bertz CT molecular complexity index is 551. The van der Waals surface area contributed by atoms with Gasteiger partial charge >= 0.3 is 5.97 Å². The molecule has 1 aromatic carbocycles. The van der Waals surface area contributed by atoms with Crippen molar-refractivity contribution < 1.29 is 19.4 Å². The topological polar surface area (TPSA) is 66.8 Å². The van der Waals surface area contributed by atoms with Crippen LogP contribution in [0.2, 0.25) is 5.02 Å². The van der Waals surface area contributed by atoms with Crippen LogP contribution in [0.3, 0.4) is 0 Å². The van der Waals surface area contributed by atoms with Crippen LogP contribution in [0.15, 0.2) is 18.2 Å². The number of amides is 1. The first-order chi connectivity index (χ1) is 9.43. The van der Waals surface area contributed by atoms with E-state index in [0.29, 0.717) is 10.8 Å². The second-order valence-electron chi connectivity index (χ2n) is 4.07. The molecule has 0 fully saturated rings. The van der Waals surface area contributed by atoms with E-state index in [1.807, 2.05) is 13.0 Å². The summed E-state index contributed by atoms with van der Waals surface area (Å²) in [4.78, 5) is 23.5. The predicted molar refractivity (Wildman–Crippen MR) is 74.7 cm³/mol. The normalized spacial score (nSPS) is 9.65. The van der Waals surface area contributed by atoms with Gasteiger partial charge in [0.1, 0.15) is 12.3 Å². The lowest BCUT2D eigenvalue weighted by Gasteiger charge is -2.18. The molecule has 0 spiro atoms. The molecule has 0 saturated carbocycles. The van der Waals surface area contributed by atoms with Crippen molar-refractivity contribution >= 4 is 23.5 Å². The zero-order chi connectivity index (χ0) is 15.1. The van der Waals surface area contributed by atoms with Crippen molar-refractivity contribution in [2.75, 3.05) is 19.7 Å². The first-order valence-corrected chi connectivity index (χ1v) is 6.14. The third-order valence-electron chi connectivity index (χ3n) is 2.40. The van der Waals surface area contributed by atoms with Crippen molar-refractivity contribution in [3.05, 3.63) is 28.8 Å². The van der Waals surface area contributed by atoms with Gasteiger partial charge < -0.3 is 14.7 Å². The molecule has 0 radical (unpaired) electrons. The summed E-state index contributed by atoms with van der Waals surface area (Å²) >= 11 is 5.93. The predicted octanol–water partition coefficient (Wildman–Crippen LogP) is 1.57. The van der Waals surface area contributed by atoms with Crippen LogP contribution in [0.1, 0.15) is 5.56 Å². The smallest absolute Gasteiger partial charge is 0.323 e. The third kappa shape index (κ3) is 4.82. The highest BCUT2D eigenvalue weighted by molar-refractivity contribution is 6.32. The van der Waals surface area contributed by atoms with E-state index in [4.69, 9.17) is 27.9 Å². The molecule has 0 saturated heterocycles. The van der Waals surface area contributed by atoms with Crippen LogP contribution in [0.25, 0.3) is 0 Å². The molecule has 1 rings (SSSR count). The van der Waals surface area contributed by atoms with Crippen LogP contribution in [0.5, 0.6) is 5.75 Å². The summed E-state index contributed by atoms with van der Waals surface area (Å²) in [6.45, 7) is 0.988. The maximum absolute atomic E-state index is 11.8. The number of carbonyl (C=O) groups is 2. The van der Waals surface area contributed by atoms with Gasteiger partial charge in [-0.25, -0.2) is 0 Å². The molecule has 106 valence electrons. The van der Waals surface area contributed by atoms with Crippen molar-refractivity contribution in [3.8, 4) is 18.1 Å². The average Bonchev–Trinajstić information content (AvgIpc) is 2.38. The van der Waals surface area contributed by atoms with Crippen LogP contribution >= 0.6 is 11.6 Å². The average molecular weight is 296 g/mol. The number of carboxylic acid groups (broad SMARTS) is 1. The van der Waals surface area contributed by atoms with Crippen molar-refractivity contribution in [2.45, 2.75) is 6.92 Å². The molecular weight excluding hydrogens is 282 g/mol. The zero-order valence-electron chi connectivity index (χ0n) is 10.9. The largest absolute Gasteiger partial charge is 0.482 e. The van der Waals surface area contributed by atoms with E-state index in [-0.39, 0.29) is 13.2 Å². The fourth-order valence-electron chi connectivity index (χ4n) is 1.46. The monoisotopic (exact) mass is 295 g/mol. The highest BCUT2D eigenvalue weighted by atomic mass is 35.5. The standard InChI is InChI=1S/C14H14ClNO4/c1-3-6-16(8-14(18)19)13(17)9-20-12-7-10(2)4-5-11(12)15/h1,4-5,7H,6,8-9H2,2H3,(H,18,19). The van der Waals surface area contributed by atoms with Gasteiger partial charge in [0.2, 0.25) is 0 Å². The molecule has 0 aromatic heterocycles. The Kier molecular flexibility index (Phi) is 5.88. The number of hydrogen-bond donors (Lipinski definition) is 1. The molecule has 0 unspecified atom stereocenters. The van der Waals surface area contributed by atoms with Crippen LogP contribution in [0.4, 0.5) is 0 Å². The number of aliphatic carboxylic acids is 1. The fourth-order valence-corrected chi connectivity index (χ4v) is 1.63. The van der Waals surface area contributed by atoms with Gasteiger partial charge in [0.05, 0.1) is 11.6 Å². The Morgan fingerprint density at radius 2 is 2.20 bits per heavy atom. The van der Waals surface area contributed by atoms with Gasteiger partial charge in [-0.1, -0.05) is 23.6 Å². The molecule has 0 heterocycles. The molecule has 20 heavy (non-hydrogen) atoms. The molecule has 1 aromatic rings. The van der Waals surface area contributed by atoms with Crippen molar-refractivity contribution in [3.63, 3.8) is 0 Å². The van der Waals surface area contributed by atoms with E-state index in [1.165, 1.54) is 0 Å². The number of hydrogen-bond acceptors (Lipinski definition) is 3. The van der Waals surface area contributed by atoms with E-state index in [2.05, 4.69) is 5.92 Å². The van der Waals surface area contributed by atoms with Gasteiger partial charge in [0.15, 0.2) is 6.61 Å².